The molecule has 242 valence electrons. The fourth-order valence-corrected chi connectivity index (χ4v) is 11.5. The Bertz CT molecular complexity index is 2450. The van der Waals surface area contributed by atoms with Gasteiger partial charge in [-0.2, -0.15) is 0 Å². The van der Waals surface area contributed by atoms with Gasteiger partial charge in [-0.05, 0) is 51.6 Å². The highest BCUT2D eigenvalue weighted by Gasteiger charge is 2.47. The quantitative estimate of drug-likeness (QED) is 0.176. The van der Waals surface area contributed by atoms with Crippen LogP contribution in [0.3, 0.4) is 0 Å². The van der Waals surface area contributed by atoms with Crippen molar-refractivity contribution >= 4 is 23.1 Å². The number of nitrogens with zero attached hydrogens (tertiary/aromatic N) is 3. The van der Waals surface area contributed by atoms with Crippen LogP contribution in [0.1, 0.15) is 49.9 Å². The van der Waals surface area contributed by atoms with Gasteiger partial charge in [-0.25, -0.2) is 15.0 Å². The molecule has 0 amide bonds. The first-order chi connectivity index (χ1) is 24.2. The summed E-state index contributed by atoms with van der Waals surface area (Å²) >= 11 is 0. The molecule has 1 atom stereocenters. The van der Waals surface area contributed by atoms with E-state index in [4.69, 9.17) is 15.0 Å². The maximum Gasteiger partial charge on any atom is 0.171 e. The van der Waals surface area contributed by atoms with E-state index >= 15 is 4.57 Å². The van der Waals surface area contributed by atoms with Crippen LogP contribution in [-0.2, 0) is 15.4 Å². The zero-order chi connectivity index (χ0) is 34.3. The smallest absolute Gasteiger partial charge is 0.171 e. The summed E-state index contributed by atoms with van der Waals surface area (Å²) < 4.78 is 16.4. The molecule has 0 fully saturated rings. The molecule has 0 N–H and O–H groups in total. The average Bonchev–Trinajstić information content (AvgIpc) is 3.39. The molecule has 4 nitrogen and oxygen atoms in total. The van der Waals surface area contributed by atoms with Gasteiger partial charge in [-0.15, -0.1) is 0 Å². The van der Waals surface area contributed by atoms with Crippen LogP contribution < -0.4 is 15.9 Å². The molecule has 5 heteroatoms. The van der Waals surface area contributed by atoms with Crippen LogP contribution in [0.2, 0.25) is 0 Å². The minimum absolute atomic E-state index is 0.221. The van der Waals surface area contributed by atoms with E-state index in [0.717, 1.165) is 43.7 Å². The highest BCUT2D eigenvalue weighted by atomic mass is 31.2. The molecule has 6 aromatic carbocycles. The second-order valence-electron chi connectivity index (χ2n) is 14.4. The van der Waals surface area contributed by atoms with Crippen molar-refractivity contribution in [1.82, 2.24) is 15.0 Å². The number of fused-ring (bicyclic) bond motifs is 5. The maximum absolute atomic E-state index is 16.4. The molecule has 0 saturated carbocycles. The molecule has 7 aromatic rings. The van der Waals surface area contributed by atoms with Crippen molar-refractivity contribution in [2.24, 2.45) is 0 Å². The second-order valence-corrected chi connectivity index (χ2v) is 17.1. The molecule has 0 saturated heterocycles. The number of rotatable bonds is 4. The topological polar surface area (TPSA) is 55.7 Å². The molecule has 2 heterocycles. The van der Waals surface area contributed by atoms with Gasteiger partial charge >= 0.3 is 0 Å². The van der Waals surface area contributed by atoms with Crippen molar-refractivity contribution in [2.45, 2.75) is 38.5 Å². The lowest BCUT2D eigenvalue weighted by Crippen LogP contribution is -2.43. The van der Waals surface area contributed by atoms with E-state index in [0.29, 0.717) is 17.5 Å². The third-order valence-corrected chi connectivity index (χ3v) is 13.9. The average molecular weight is 666 g/mol. The maximum atomic E-state index is 16.4. The molecule has 0 radical (unpaired) electrons. The number of benzene rings is 6. The van der Waals surface area contributed by atoms with E-state index in [2.05, 4.69) is 82.3 Å². The molecular formula is C45H36N3OP. The normalized spacial score (nSPS) is 17.7. The first-order valence-corrected chi connectivity index (χ1v) is 18.9. The predicted molar refractivity (Wildman–Crippen MR) is 205 cm³/mol. The van der Waals surface area contributed by atoms with Gasteiger partial charge in [-0.3, -0.25) is 0 Å². The van der Waals surface area contributed by atoms with Crippen molar-refractivity contribution in [2.75, 3.05) is 0 Å². The molecule has 1 unspecified atom stereocenters. The third kappa shape index (κ3) is 4.45. The highest BCUT2D eigenvalue weighted by molar-refractivity contribution is 7.85. The zero-order valence-corrected chi connectivity index (χ0v) is 29.4. The van der Waals surface area contributed by atoms with Crippen LogP contribution in [0.25, 0.3) is 45.3 Å². The first-order valence-electron chi connectivity index (χ1n) is 17.1. The lowest BCUT2D eigenvalue weighted by molar-refractivity contribution is 0.585. The molecule has 0 bridgehead atoms. The van der Waals surface area contributed by atoms with Gasteiger partial charge in [0, 0.05) is 43.4 Å². The van der Waals surface area contributed by atoms with E-state index in [9.17, 15) is 0 Å². The molecule has 2 aliphatic rings. The van der Waals surface area contributed by atoms with E-state index < -0.39 is 12.6 Å². The second kappa shape index (κ2) is 11.0. The van der Waals surface area contributed by atoms with Crippen molar-refractivity contribution in [3.8, 4) is 45.3 Å². The van der Waals surface area contributed by atoms with Crippen LogP contribution in [0, 0.1) is 0 Å². The van der Waals surface area contributed by atoms with Gasteiger partial charge in [-0.1, -0.05) is 155 Å². The fourth-order valence-electron chi connectivity index (χ4n) is 8.09. The van der Waals surface area contributed by atoms with Gasteiger partial charge in [0.05, 0.1) is 0 Å². The SMILES string of the molecule is CC1(C)c2ccccc2-c2cc3c(cc21)P(=O)(c1ccccc1)c1cc(-c2nc(-c4ccccc4)nc(-c4ccccc4)n2)ccc1C3(C)C. The third-order valence-electron chi connectivity index (χ3n) is 10.8. The van der Waals surface area contributed by atoms with Crippen LogP contribution >= 0.6 is 7.14 Å². The molecule has 9 rings (SSSR count). The predicted octanol–water partition coefficient (Wildman–Crippen LogP) is 9.46. The molecular weight excluding hydrogens is 629 g/mol. The van der Waals surface area contributed by atoms with Gasteiger partial charge < -0.3 is 4.57 Å². The van der Waals surface area contributed by atoms with Crippen molar-refractivity contribution in [3.63, 3.8) is 0 Å². The van der Waals surface area contributed by atoms with Crippen LogP contribution in [0.15, 0.2) is 146 Å². The lowest BCUT2D eigenvalue weighted by Gasteiger charge is -2.40. The summed E-state index contributed by atoms with van der Waals surface area (Å²) in [5.74, 6) is 1.75. The van der Waals surface area contributed by atoms with Crippen LogP contribution in [0.5, 0.6) is 0 Å². The first kappa shape index (κ1) is 30.6. The van der Waals surface area contributed by atoms with E-state index in [-0.39, 0.29) is 5.41 Å². The van der Waals surface area contributed by atoms with E-state index in [1.54, 1.807) is 0 Å². The Kier molecular flexibility index (Phi) is 6.75. The van der Waals surface area contributed by atoms with Crippen LogP contribution in [0.4, 0.5) is 0 Å². The minimum Gasteiger partial charge on any atom is -0.309 e. The van der Waals surface area contributed by atoms with Gasteiger partial charge in [0.15, 0.2) is 24.6 Å². The summed E-state index contributed by atoms with van der Waals surface area (Å²) in [7, 11) is -3.37. The van der Waals surface area contributed by atoms with Crippen molar-refractivity contribution in [1.29, 1.82) is 0 Å². The summed E-state index contributed by atoms with van der Waals surface area (Å²) in [5.41, 5.74) is 9.22. The number of hydrogen-bond acceptors (Lipinski definition) is 4. The Labute approximate surface area is 293 Å². The Morgan fingerprint density at radius 1 is 0.420 bits per heavy atom. The summed E-state index contributed by atoms with van der Waals surface area (Å²) in [5, 5.41) is 2.59. The van der Waals surface area contributed by atoms with Crippen molar-refractivity contribution < 1.29 is 4.57 Å². The summed E-state index contributed by atoms with van der Waals surface area (Å²) in [6.45, 7) is 9.10. The van der Waals surface area contributed by atoms with E-state index in [1.807, 2.05) is 91.0 Å². The minimum atomic E-state index is -3.37. The Hall–Kier alpha value is -5.44. The number of aromatic nitrogens is 3. The van der Waals surface area contributed by atoms with Gasteiger partial charge in [0.2, 0.25) is 0 Å². The molecule has 50 heavy (non-hydrogen) atoms. The molecule has 1 aliphatic carbocycles. The van der Waals surface area contributed by atoms with Crippen LogP contribution in [-0.4, -0.2) is 15.0 Å². The van der Waals surface area contributed by atoms with E-state index in [1.165, 1.54) is 22.3 Å². The summed E-state index contributed by atoms with van der Waals surface area (Å²) in [6, 6.07) is 49.7. The van der Waals surface area contributed by atoms with Gasteiger partial charge in [0.25, 0.3) is 0 Å². The standard InChI is InChI=1S/C45H36N3OP/c1-44(2)35-23-15-14-22-33(35)34-27-38-40(28-37(34)44)50(49,32-20-12-7-13-21-32)39-26-31(24-25-36(39)45(38,3)4)43-47-41(29-16-8-5-9-17-29)46-42(48-43)30-18-10-6-11-19-30/h5-28H,1-4H3. The Morgan fingerprint density at radius 2 is 0.920 bits per heavy atom. The summed E-state index contributed by atoms with van der Waals surface area (Å²) in [6.07, 6.45) is 0. The monoisotopic (exact) mass is 665 g/mol. The molecule has 1 aromatic heterocycles. The molecule has 1 aliphatic heterocycles. The number of hydrogen-bond donors (Lipinski definition) is 0. The zero-order valence-electron chi connectivity index (χ0n) is 28.6. The lowest BCUT2D eigenvalue weighted by atomic mass is 9.75. The molecule has 0 spiro atoms. The van der Waals surface area contributed by atoms with Gasteiger partial charge in [0.1, 0.15) is 0 Å². The Balaban J connectivity index is 1.30. The largest absolute Gasteiger partial charge is 0.309 e. The summed E-state index contributed by atoms with van der Waals surface area (Å²) in [4.78, 5) is 15.0. The fraction of sp³-hybridized carbons (Fsp3) is 0.133. The van der Waals surface area contributed by atoms with Crippen molar-refractivity contribution in [3.05, 3.63) is 168 Å². The Morgan fingerprint density at radius 3 is 1.54 bits per heavy atom. The highest BCUT2D eigenvalue weighted by Crippen LogP contribution is 2.57.